The lowest BCUT2D eigenvalue weighted by atomic mass is 10.0. The molecule has 0 saturated carbocycles. The van der Waals surface area contributed by atoms with Crippen LogP contribution in [0.25, 0.3) is 0 Å². The predicted molar refractivity (Wildman–Crippen MR) is 67.2 cm³/mol. The molecular weight excluding hydrogens is 246 g/mol. The number of oxime groups is 1. The second kappa shape index (κ2) is 4.60. The number of aromatic nitrogens is 3. The van der Waals surface area contributed by atoms with Gasteiger partial charge in [-0.3, -0.25) is 4.68 Å². The SMILES string of the molecule is NC(=NO)c1ncn(CC2COc3ccccc32)n1. The first-order chi connectivity index (χ1) is 9.28. The van der Waals surface area contributed by atoms with E-state index < -0.39 is 0 Å². The van der Waals surface area contributed by atoms with E-state index in [0.29, 0.717) is 13.2 Å². The molecule has 3 N–H and O–H groups in total. The zero-order valence-electron chi connectivity index (χ0n) is 10.1. The molecule has 2 heterocycles. The molecule has 1 aliphatic heterocycles. The molecule has 0 spiro atoms. The zero-order valence-corrected chi connectivity index (χ0v) is 10.1. The minimum absolute atomic E-state index is 0.0955. The summed E-state index contributed by atoms with van der Waals surface area (Å²) < 4.78 is 7.28. The van der Waals surface area contributed by atoms with Gasteiger partial charge in [0.05, 0.1) is 13.2 Å². The molecule has 1 atom stereocenters. The molecular formula is C12H13N5O2. The van der Waals surface area contributed by atoms with Crippen molar-refractivity contribution in [3.8, 4) is 5.75 Å². The molecule has 0 amide bonds. The Kier molecular flexibility index (Phi) is 2.79. The summed E-state index contributed by atoms with van der Waals surface area (Å²) in [5.74, 6) is 1.28. The van der Waals surface area contributed by atoms with Crippen LogP contribution < -0.4 is 10.5 Å². The molecule has 1 aliphatic rings. The molecule has 7 heteroatoms. The van der Waals surface area contributed by atoms with Crippen LogP contribution in [0.1, 0.15) is 17.3 Å². The van der Waals surface area contributed by atoms with Gasteiger partial charge in [0.25, 0.3) is 0 Å². The molecule has 0 saturated heterocycles. The van der Waals surface area contributed by atoms with Crippen LogP contribution in [0.15, 0.2) is 35.7 Å². The number of rotatable bonds is 3. The summed E-state index contributed by atoms with van der Waals surface area (Å²) in [6.07, 6.45) is 1.56. The molecule has 0 fully saturated rings. The number of hydrogen-bond acceptors (Lipinski definition) is 5. The first kappa shape index (κ1) is 11.5. The van der Waals surface area contributed by atoms with E-state index in [1.54, 1.807) is 11.0 Å². The molecule has 1 aromatic heterocycles. The molecule has 0 aliphatic carbocycles. The largest absolute Gasteiger partial charge is 0.493 e. The number of ether oxygens (including phenoxy) is 1. The fourth-order valence-electron chi connectivity index (χ4n) is 2.15. The van der Waals surface area contributed by atoms with E-state index in [1.807, 2.05) is 24.3 Å². The average molecular weight is 259 g/mol. The first-order valence-corrected chi connectivity index (χ1v) is 5.87. The van der Waals surface area contributed by atoms with Crippen LogP contribution in [-0.2, 0) is 6.54 Å². The molecule has 19 heavy (non-hydrogen) atoms. The summed E-state index contributed by atoms with van der Waals surface area (Å²) in [5, 5.41) is 15.6. The predicted octanol–water partition coefficient (Wildman–Crippen LogP) is 0.549. The summed E-state index contributed by atoms with van der Waals surface area (Å²) in [4.78, 5) is 3.98. The number of nitrogens with two attached hydrogens (primary N) is 1. The van der Waals surface area contributed by atoms with Crippen LogP contribution in [0.3, 0.4) is 0 Å². The van der Waals surface area contributed by atoms with Gasteiger partial charge in [0.15, 0.2) is 0 Å². The van der Waals surface area contributed by atoms with Crippen LogP contribution in [0.5, 0.6) is 5.75 Å². The van der Waals surface area contributed by atoms with E-state index in [-0.39, 0.29) is 17.6 Å². The second-order valence-corrected chi connectivity index (χ2v) is 4.32. The maximum Gasteiger partial charge on any atom is 0.219 e. The molecule has 98 valence electrons. The van der Waals surface area contributed by atoms with Crippen molar-refractivity contribution in [3.05, 3.63) is 42.0 Å². The third-order valence-electron chi connectivity index (χ3n) is 3.08. The number of fused-ring (bicyclic) bond motifs is 1. The summed E-state index contributed by atoms with van der Waals surface area (Å²) >= 11 is 0. The Bertz CT molecular complexity index is 622. The van der Waals surface area contributed by atoms with E-state index in [2.05, 4.69) is 15.2 Å². The third-order valence-corrected chi connectivity index (χ3v) is 3.08. The molecule has 1 aromatic carbocycles. The average Bonchev–Trinajstić information content (AvgIpc) is 3.06. The van der Waals surface area contributed by atoms with Crippen LogP contribution >= 0.6 is 0 Å². The maximum absolute atomic E-state index is 8.57. The zero-order chi connectivity index (χ0) is 13.2. The van der Waals surface area contributed by atoms with E-state index >= 15 is 0 Å². The normalized spacial score (nSPS) is 18.1. The maximum atomic E-state index is 8.57. The smallest absolute Gasteiger partial charge is 0.219 e. The van der Waals surface area contributed by atoms with Crippen molar-refractivity contribution in [2.24, 2.45) is 10.9 Å². The van der Waals surface area contributed by atoms with Crippen molar-refractivity contribution < 1.29 is 9.94 Å². The number of amidine groups is 1. The van der Waals surface area contributed by atoms with Crippen molar-refractivity contribution in [2.45, 2.75) is 12.5 Å². The molecule has 2 aromatic rings. The molecule has 7 nitrogen and oxygen atoms in total. The van der Waals surface area contributed by atoms with Gasteiger partial charge in [0, 0.05) is 11.5 Å². The fourth-order valence-corrected chi connectivity index (χ4v) is 2.15. The van der Waals surface area contributed by atoms with Gasteiger partial charge in [-0.2, -0.15) is 0 Å². The number of benzene rings is 1. The van der Waals surface area contributed by atoms with Gasteiger partial charge in [-0.1, -0.05) is 23.4 Å². The van der Waals surface area contributed by atoms with Gasteiger partial charge in [-0.05, 0) is 6.07 Å². The summed E-state index contributed by atoms with van der Waals surface area (Å²) in [7, 11) is 0. The number of para-hydroxylation sites is 1. The lowest BCUT2D eigenvalue weighted by Gasteiger charge is -2.07. The van der Waals surface area contributed by atoms with Gasteiger partial charge in [0.1, 0.15) is 12.1 Å². The number of nitrogens with zero attached hydrogens (tertiary/aromatic N) is 4. The lowest BCUT2D eigenvalue weighted by Crippen LogP contribution is -2.16. The van der Waals surface area contributed by atoms with E-state index in [9.17, 15) is 0 Å². The van der Waals surface area contributed by atoms with Gasteiger partial charge < -0.3 is 15.7 Å². The van der Waals surface area contributed by atoms with E-state index in [1.165, 1.54) is 5.56 Å². The Balaban J connectivity index is 1.78. The summed E-state index contributed by atoms with van der Waals surface area (Å²) in [6.45, 7) is 1.26. The summed E-state index contributed by atoms with van der Waals surface area (Å²) in [6, 6.07) is 7.95. The van der Waals surface area contributed by atoms with Crippen molar-refractivity contribution in [2.75, 3.05) is 6.61 Å². The Morgan fingerprint density at radius 3 is 3.21 bits per heavy atom. The van der Waals surface area contributed by atoms with E-state index in [0.717, 1.165) is 5.75 Å². The van der Waals surface area contributed by atoms with Crippen LogP contribution in [-0.4, -0.2) is 32.4 Å². The molecule has 3 rings (SSSR count). The molecule has 1 unspecified atom stereocenters. The van der Waals surface area contributed by atoms with Crippen LogP contribution in [0.2, 0.25) is 0 Å². The summed E-state index contributed by atoms with van der Waals surface area (Å²) in [5.41, 5.74) is 6.60. The fraction of sp³-hybridized carbons (Fsp3) is 0.250. The minimum Gasteiger partial charge on any atom is -0.493 e. The van der Waals surface area contributed by atoms with Gasteiger partial charge in [-0.15, -0.1) is 5.10 Å². The molecule has 0 bridgehead atoms. The second-order valence-electron chi connectivity index (χ2n) is 4.32. The Labute approximate surface area is 109 Å². The van der Waals surface area contributed by atoms with Crippen LogP contribution in [0, 0.1) is 0 Å². The highest BCUT2D eigenvalue weighted by molar-refractivity contribution is 5.93. The quantitative estimate of drug-likeness (QED) is 0.363. The van der Waals surface area contributed by atoms with Crippen molar-refractivity contribution in [1.29, 1.82) is 0 Å². The molecule has 0 radical (unpaired) electrons. The van der Waals surface area contributed by atoms with Crippen LogP contribution in [0.4, 0.5) is 0 Å². The highest BCUT2D eigenvalue weighted by Crippen LogP contribution is 2.34. The van der Waals surface area contributed by atoms with Gasteiger partial charge in [0.2, 0.25) is 11.7 Å². The van der Waals surface area contributed by atoms with Gasteiger partial charge in [-0.25, -0.2) is 4.98 Å². The lowest BCUT2D eigenvalue weighted by molar-refractivity contribution is 0.314. The Morgan fingerprint density at radius 1 is 1.53 bits per heavy atom. The third kappa shape index (κ3) is 2.10. The number of hydrogen-bond donors (Lipinski definition) is 2. The minimum atomic E-state index is -0.0955. The highest BCUT2D eigenvalue weighted by atomic mass is 16.5. The van der Waals surface area contributed by atoms with Crippen molar-refractivity contribution in [1.82, 2.24) is 14.8 Å². The first-order valence-electron chi connectivity index (χ1n) is 5.87. The Hall–Kier alpha value is -2.57. The monoisotopic (exact) mass is 259 g/mol. The Morgan fingerprint density at radius 2 is 2.37 bits per heavy atom. The highest BCUT2D eigenvalue weighted by Gasteiger charge is 2.24. The van der Waals surface area contributed by atoms with Gasteiger partial charge >= 0.3 is 0 Å². The topological polar surface area (TPSA) is 98.6 Å². The van der Waals surface area contributed by atoms with E-state index in [4.69, 9.17) is 15.7 Å². The standard InChI is InChI=1S/C12H13N5O2/c13-11(16-18)12-14-7-17(15-12)5-8-6-19-10-4-2-1-3-9(8)10/h1-4,7-8,18H,5-6H2,(H2,13,16). The van der Waals surface area contributed by atoms with Crippen molar-refractivity contribution >= 4 is 5.84 Å². The van der Waals surface area contributed by atoms with Crippen molar-refractivity contribution in [3.63, 3.8) is 0 Å².